The molecule has 2 atom stereocenters. The monoisotopic (exact) mass is 641 g/mol. The molecule has 8 nitrogen and oxygen atoms in total. The average Bonchev–Trinajstić information content (AvgIpc) is 3.43. The number of carboxylic acids is 1. The van der Waals surface area contributed by atoms with Crippen molar-refractivity contribution in [2.24, 2.45) is 0 Å². The van der Waals surface area contributed by atoms with Gasteiger partial charge in [0.1, 0.15) is 12.4 Å². The molecule has 9 heteroatoms. The summed E-state index contributed by atoms with van der Waals surface area (Å²) in [5.41, 5.74) is 4.28. The molecule has 1 heterocycles. The summed E-state index contributed by atoms with van der Waals surface area (Å²) in [6.07, 6.45) is 1.81. The molecule has 43 heavy (non-hydrogen) atoms. The smallest absolute Gasteiger partial charge is 0.335 e. The number of aromatic carboxylic acids is 1. The maximum Gasteiger partial charge on any atom is 0.335 e. The van der Waals surface area contributed by atoms with Crippen LogP contribution in [0, 0.1) is 6.92 Å². The van der Waals surface area contributed by atoms with Crippen molar-refractivity contribution in [3.05, 3.63) is 124 Å². The number of amides is 3. The molecule has 0 spiro atoms. The van der Waals surface area contributed by atoms with E-state index in [0.29, 0.717) is 23.7 Å². The summed E-state index contributed by atoms with van der Waals surface area (Å²) in [7, 11) is 0. The number of carboxylic acid groups (broad SMARTS) is 1. The number of para-hydroxylation sites is 1. The SMILES string of the molecule is Cc1cc(CC(=O)N2C(COc3ccc(C(=O)O)cc3)CCC2c2ccccc2)ccc1NC(=O)Nc1ccccc1Br. The molecule has 5 rings (SSSR count). The Morgan fingerprint density at radius 3 is 2.28 bits per heavy atom. The molecule has 220 valence electrons. The molecule has 3 N–H and O–H groups in total. The first kappa shape index (κ1) is 29.8. The van der Waals surface area contributed by atoms with Crippen molar-refractivity contribution in [1.29, 1.82) is 0 Å². The Balaban J connectivity index is 1.27. The van der Waals surface area contributed by atoms with E-state index in [0.717, 1.165) is 34.0 Å². The molecule has 3 amide bonds. The van der Waals surface area contributed by atoms with Gasteiger partial charge < -0.3 is 25.4 Å². The molecule has 1 fully saturated rings. The zero-order chi connectivity index (χ0) is 30.3. The van der Waals surface area contributed by atoms with E-state index in [9.17, 15) is 14.4 Å². The van der Waals surface area contributed by atoms with Gasteiger partial charge in [0.05, 0.1) is 29.8 Å². The number of nitrogens with zero attached hydrogens (tertiary/aromatic N) is 1. The lowest BCUT2D eigenvalue weighted by Gasteiger charge is -2.31. The van der Waals surface area contributed by atoms with Crippen molar-refractivity contribution in [1.82, 2.24) is 4.90 Å². The molecule has 2 unspecified atom stereocenters. The summed E-state index contributed by atoms with van der Waals surface area (Å²) in [6, 6.07) is 28.7. The second kappa shape index (κ2) is 13.6. The maximum atomic E-state index is 13.9. The van der Waals surface area contributed by atoms with Crippen LogP contribution < -0.4 is 15.4 Å². The number of anilines is 2. The second-order valence-corrected chi connectivity index (χ2v) is 11.3. The molecule has 0 radical (unpaired) electrons. The van der Waals surface area contributed by atoms with E-state index in [1.807, 2.05) is 78.6 Å². The van der Waals surface area contributed by atoms with Crippen molar-refractivity contribution >= 4 is 45.2 Å². The molecule has 1 aliphatic rings. The normalized spacial score (nSPS) is 16.0. The van der Waals surface area contributed by atoms with Crippen LogP contribution >= 0.6 is 15.9 Å². The summed E-state index contributed by atoms with van der Waals surface area (Å²) in [4.78, 5) is 39.6. The van der Waals surface area contributed by atoms with Crippen molar-refractivity contribution < 1.29 is 24.2 Å². The van der Waals surface area contributed by atoms with Crippen molar-refractivity contribution in [2.75, 3.05) is 17.2 Å². The standard InChI is InChI=1S/C34H32BrN3O5/c1-22-19-23(11-17-29(22)36-34(42)37-30-10-6-5-9-28(30)35)20-32(39)38-26(14-18-31(38)24-7-3-2-4-8-24)21-43-27-15-12-25(13-16-27)33(40)41/h2-13,15-17,19,26,31H,14,18,20-21H2,1H3,(H,40,41)(H2,36,37,42). The quantitative estimate of drug-likeness (QED) is 0.176. The minimum Gasteiger partial charge on any atom is -0.491 e. The van der Waals surface area contributed by atoms with E-state index in [-0.39, 0.29) is 36.0 Å². The fourth-order valence-corrected chi connectivity index (χ4v) is 5.78. The number of halogens is 1. The number of likely N-dealkylation sites (tertiary alicyclic amines) is 1. The fraction of sp³-hybridized carbons (Fsp3) is 0.206. The predicted octanol–water partition coefficient (Wildman–Crippen LogP) is 7.45. The van der Waals surface area contributed by atoms with E-state index >= 15 is 0 Å². The van der Waals surface area contributed by atoms with Crippen LogP contribution in [0.3, 0.4) is 0 Å². The molecular weight excluding hydrogens is 610 g/mol. The first-order valence-electron chi connectivity index (χ1n) is 14.0. The van der Waals surface area contributed by atoms with Crippen LogP contribution in [0.5, 0.6) is 5.75 Å². The lowest BCUT2D eigenvalue weighted by Crippen LogP contribution is -2.41. The zero-order valence-electron chi connectivity index (χ0n) is 23.6. The zero-order valence-corrected chi connectivity index (χ0v) is 25.2. The molecule has 0 aromatic heterocycles. The Labute approximate surface area is 258 Å². The Hall–Kier alpha value is -4.63. The third kappa shape index (κ3) is 7.42. The van der Waals surface area contributed by atoms with Crippen molar-refractivity contribution in [3.8, 4) is 5.75 Å². The van der Waals surface area contributed by atoms with Crippen LogP contribution in [0.2, 0.25) is 0 Å². The number of carbonyl (C=O) groups is 3. The third-order valence-electron chi connectivity index (χ3n) is 7.53. The fourth-order valence-electron chi connectivity index (χ4n) is 5.39. The number of rotatable bonds is 9. The largest absolute Gasteiger partial charge is 0.491 e. The molecule has 0 aliphatic carbocycles. The van der Waals surface area contributed by atoms with Gasteiger partial charge >= 0.3 is 12.0 Å². The van der Waals surface area contributed by atoms with Gasteiger partial charge in [-0.15, -0.1) is 0 Å². The number of nitrogens with one attached hydrogen (secondary N) is 2. The summed E-state index contributed by atoms with van der Waals surface area (Å²) in [5.74, 6) is -0.441. The van der Waals surface area contributed by atoms with E-state index < -0.39 is 5.97 Å². The number of aryl methyl sites for hydroxylation is 1. The number of ether oxygens (including phenoxy) is 1. The van der Waals surface area contributed by atoms with Gasteiger partial charge in [-0.25, -0.2) is 9.59 Å². The Bertz CT molecular complexity index is 1610. The highest BCUT2D eigenvalue weighted by Crippen LogP contribution is 2.37. The van der Waals surface area contributed by atoms with Crippen LogP contribution in [0.1, 0.15) is 45.9 Å². The molecule has 0 bridgehead atoms. The van der Waals surface area contributed by atoms with E-state index in [2.05, 4.69) is 26.6 Å². The molecule has 1 saturated heterocycles. The topological polar surface area (TPSA) is 108 Å². The maximum absolute atomic E-state index is 13.9. The highest BCUT2D eigenvalue weighted by Gasteiger charge is 2.38. The van der Waals surface area contributed by atoms with Crippen LogP contribution in [0.25, 0.3) is 0 Å². The van der Waals surface area contributed by atoms with Gasteiger partial charge in [-0.05, 0) is 94.9 Å². The van der Waals surface area contributed by atoms with Crippen LogP contribution in [0.4, 0.5) is 16.2 Å². The molecule has 4 aromatic carbocycles. The molecule has 0 saturated carbocycles. The van der Waals surface area contributed by atoms with Gasteiger partial charge in [-0.2, -0.15) is 0 Å². The minimum atomic E-state index is -0.993. The van der Waals surface area contributed by atoms with Gasteiger partial charge in [0.15, 0.2) is 0 Å². The molecule has 1 aliphatic heterocycles. The summed E-state index contributed by atoms with van der Waals surface area (Å²) in [5, 5.41) is 14.9. The van der Waals surface area contributed by atoms with E-state index in [1.54, 1.807) is 18.2 Å². The molecule has 4 aromatic rings. The van der Waals surface area contributed by atoms with Crippen LogP contribution in [-0.4, -0.2) is 40.6 Å². The third-order valence-corrected chi connectivity index (χ3v) is 8.23. The minimum absolute atomic E-state index is 0.00652. The van der Waals surface area contributed by atoms with E-state index in [4.69, 9.17) is 9.84 Å². The summed E-state index contributed by atoms with van der Waals surface area (Å²) in [6.45, 7) is 2.20. The highest BCUT2D eigenvalue weighted by atomic mass is 79.9. The lowest BCUT2D eigenvalue weighted by molar-refractivity contribution is -0.134. The summed E-state index contributed by atoms with van der Waals surface area (Å²) < 4.78 is 6.81. The van der Waals surface area contributed by atoms with Gasteiger partial charge in [0.25, 0.3) is 0 Å². The van der Waals surface area contributed by atoms with Gasteiger partial charge in [-0.3, -0.25) is 4.79 Å². The average molecular weight is 643 g/mol. The Kier molecular flexibility index (Phi) is 9.41. The first-order chi connectivity index (χ1) is 20.8. The van der Waals surface area contributed by atoms with Crippen molar-refractivity contribution in [3.63, 3.8) is 0 Å². The Morgan fingerprint density at radius 2 is 1.58 bits per heavy atom. The predicted molar refractivity (Wildman–Crippen MR) is 170 cm³/mol. The van der Waals surface area contributed by atoms with Gasteiger partial charge in [0, 0.05) is 10.2 Å². The highest BCUT2D eigenvalue weighted by molar-refractivity contribution is 9.10. The van der Waals surface area contributed by atoms with Crippen LogP contribution in [0.15, 0.2) is 102 Å². The van der Waals surface area contributed by atoms with E-state index in [1.165, 1.54) is 12.1 Å². The second-order valence-electron chi connectivity index (χ2n) is 10.5. The first-order valence-corrected chi connectivity index (χ1v) is 14.8. The lowest BCUT2D eigenvalue weighted by atomic mass is 10.0. The van der Waals surface area contributed by atoms with Gasteiger partial charge in [0.2, 0.25) is 5.91 Å². The number of urea groups is 1. The number of hydrogen-bond donors (Lipinski definition) is 3. The van der Waals surface area contributed by atoms with Crippen molar-refractivity contribution in [2.45, 2.75) is 38.3 Å². The molecular formula is C34H32BrN3O5. The van der Waals surface area contributed by atoms with Gasteiger partial charge in [-0.1, -0.05) is 54.6 Å². The number of hydrogen-bond acceptors (Lipinski definition) is 4. The Morgan fingerprint density at radius 1 is 0.884 bits per heavy atom. The number of carbonyl (C=O) groups excluding carboxylic acids is 2. The summed E-state index contributed by atoms with van der Waals surface area (Å²) >= 11 is 3.43. The number of benzene rings is 4. The van der Waals surface area contributed by atoms with Crippen LogP contribution in [-0.2, 0) is 11.2 Å².